The summed E-state index contributed by atoms with van der Waals surface area (Å²) in [7, 11) is 0. The third-order valence-corrected chi connectivity index (χ3v) is 6.14. The lowest BCUT2D eigenvalue weighted by Gasteiger charge is -2.22. The lowest BCUT2D eigenvalue weighted by atomic mass is 10.1. The third-order valence-electron chi connectivity index (χ3n) is 5.02. The predicted molar refractivity (Wildman–Crippen MR) is 125 cm³/mol. The molecule has 5 heteroatoms. The van der Waals surface area contributed by atoms with Crippen molar-refractivity contribution in [3.8, 4) is 0 Å². The summed E-state index contributed by atoms with van der Waals surface area (Å²) >= 11 is 1.64. The highest BCUT2D eigenvalue weighted by Crippen LogP contribution is 2.42. The standard InChI is InChI=1S/C25H25N3OS/c1-3-4-5-8-16-28-21-14-13-19(27-24-18(2)10-9-15-26-24)17-23(21)30-22-12-7-6-11-20(22)25(28)29/h5-15,17H,3-4,16H2,1-2H3,(H,26,27)/b8-5+. The van der Waals surface area contributed by atoms with Gasteiger partial charge in [0.1, 0.15) is 5.82 Å². The van der Waals surface area contributed by atoms with Crippen molar-refractivity contribution in [2.45, 2.75) is 36.5 Å². The maximum atomic E-state index is 13.3. The van der Waals surface area contributed by atoms with Gasteiger partial charge in [-0.2, -0.15) is 0 Å². The number of carbonyl (C=O) groups excluding carboxylic acids is 1. The molecule has 152 valence electrons. The van der Waals surface area contributed by atoms with Crippen LogP contribution in [0.15, 0.2) is 82.7 Å². The molecule has 0 aliphatic carbocycles. The number of carbonyl (C=O) groups is 1. The maximum Gasteiger partial charge on any atom is 0.259 e. The molecule has 1 aliphatic rings. The first-order chi connectivity index (χ1) is 14.7. The molecule has 30 heavy (non-hydrogen) atoms. The molecule has 1 aliphatic heterocycles. The number of nitrogens with zero attached hydrogens (tertiary/aromatic N) is 2. The van der Waals surface area contributed by atoms with Crippen LogP contribution in [0.1, 0.15) is 35.7 Å². The van der Waals surface area contributed by atoms with E-state index in [9.17, 15) is 4.79 Å². The van der Waals surface area contributed by atoms with Crippen LogP contribution < -0.4 is 10.2 Å². The third kappa shape index (κ3) is 4.26. The zero-order chi connectivity index (χ0) is 20.9. The molecule has 1 aromatic heterocycles. The first-order valence-corrected chi connectivity index (χ1v) is 11.1. The Morgan fingerprint density at radius 3 is 2.77 bits per heavy atom. The Morgan fingerprint density at radius 2 is 1.93 bits per heavy atom. The molecule has 0 radical (unpaired) electrons. The van der Waals surface area contributed by atoms with Gasteiger partial charge in [-0.15, -0.1) is 0 Å². The number of amides is 1. The predicted octanol–water partition coefficient (Wildman–Crippen LogP) is 6.60. The zero-order valence-electron chi connectivity index (χ0n) is 17.3. The molecule has 0 bridgehead atoms. The number of nitrogens with one attached hydrogen (secondary N) is 1. The Balaban J connectivity index is 1.72. The van der Waals surface area contributed by atoms with Gasteiger partial charge in [-0.05, 0) is 55.3 Å². The number of unbranched alkanes of at least 4 members (excludes halogenated alkanes) is 1. The van der Waals surface area contributed by atoms with E-state index in [2.05, 4.69) is 35.4 Å². The Morgan fingerprint density at radius 1 is 1.07 bits per heavy atom. The number of aryl methyl sites for hydroxylation is 1. The Labute approximate surface area is 182 Å². The van der Waals surface area contributed by atoms with Gasteiger partial charge in [0.2, 0.25) is 0 Å². The molecule has 2 heterocycles. The molecule has 1 amide bonds. The van der Waals surface area contributed by atoms with Crippen LogP contribution >= 0.6 is 11.8 Å². The number of pyridine rings is 1. The van der Waals surface area contributed by atoms with Gasteiger partial charge in [0, 0.05) is 28.2 Å². The summed E-state index contributed by atoms with van der Waals surface area (Å²) in [5.41, 5.74) is 3.72. The van der Waals surface area contributed by atoms with E-state index in [0.29, 0.717) is 6.54 Å². The number of benzene rings is 2. The van der Waals surface area contributed by atoms with Crippen molar-refractivity contribution >= 4 is 34.9 Å². The largest absolute Gasteiger partial charge is 0.340 e. The summed E-state index contributed by atoms with van der Waals surface area (Å²) < 4.78 is 0. The molecule has 0 unspecified atom stereocenters. The van der Waals surface area contributed by atoms with Crippen LogP contribution in [0, 0.1) is 6.92 Å². The summed E-state index contributed by atoms with van der Waals surface area (Å²) in [6.07, 6.45) is 8.14. The minimum atomic E-state index is 0.0410. The van der Waals surface area contributed by atoms with Crippen molar-refractivity contribution in [2.75, 3.05) is 16.8 Å². The van der Waals surface area contributed by atoms with Crippen molar-refractivity contribution < 1.29 is 4.79 Å². The van der Waals surface area contributed by atoms with Crippen LogP contribution in [0.3, 0.4) is 0 Å². The molecule has 0 atom stereocenters. The highest BCUT2D eigenvalue weighted by Gasteiger charge is 2.26. The van der Waals surface area contributed by atoms with E-state index in [1.807, 2.05) is 60.4 Å². The van der Waals surface area contributed by atoms with Crippen molar-refractivity contribution in [2.24, 2.45) is 0 Å². The smallest absolute Gasteiger partial charge is 0.259 e. The molecule has 4 rings (SSSR count). The highest BCUT2D eigenvalue weighted by molar-refractivity contribution is 7.99. The fourth-order valence-corrected chi connectivity index (χ4v) is 4.52. The SMILES string of the molecule is CCC/C=C/CN1C(=O)c2ccccc2Sc2cc(Nc3ncccc3C)ccc21. The van der Waals surface area contributed by atoms with Crippen LogP contribution in [0.25, 0.3) is 0 Å². The van der Waals surface area contributed by atoms with E-state index >= 15 is 0 Å². The Kier molecular flexibility index (Phi) is 6.19. The number of anilines is 3. The lowest BCUT2D eigenvalue weighted by Crippen LogP contribution is -2.31. The molecule has 0 saturated carbocycles. The number of fused-ring (bicyclic) bond motifs is 2. The van der Waals surface area contributed by atoms with E-state index in [1.165, 1.54) is 0 Å². The van der Waals surface area contributed by atoms with Gasteiger partial charge in [-0.1, -0.05) is 55.5 Å². The van der Waals surface area contributed by atoms with E-state index in [0.717, 1.165) is 51.0 Å². The molecule has 3 aromatic rings. The summed E-state index contributed by atoms with van der Waals surface area (Å²) in [5.74, 6) is 0.881. The van der Waals surface area contributed by atoms with Crippen molar-refractivity contribution in [1.82, 2.24) is 4.98 Å². The van der Waals surface area contributed by atoms with Gasteiger partial charge in [-0.25, -0.2) is 4.98 Å². The quantitative estimate of drug-likeness (QED) is 0.461. The Bertz CT molecular complexity index is 1090. The lowest BCUT2D eigenvalue weighted by molar-refractivity contribution is 0.0987. The van der Waals surface area contributed by atoms with Gasteiger partial charge in [0.05, 0.1) is 11.3 Å². The fourth-order valence-electron chi connectivity index (χ4n) is 3.40. The van der Waals surface area contributed by atoms with Crippen LogP contribution in [-0.2, 0) is 0 Å². The van der Waals surface area contributed by atoms with Gasteiger partial charge >= 0.3 is 0 Å². The van der Waals surface area contributed by atoms with E-state index in [1.54, 1.807) is 18.0 Å². The first kappa shape index (κ1) is 20.2. The van der Waals surface area contributed by atoms with Crippen molar-refractivity contribution in [1.29, 1.82) is 0 Å². The van der Waals surface area contributed by atoms with Crippen LogP contribution in [0.5, 0.6) is 0 Å². The molecule has 0 spiro atoms. The van der Waals surface area contributed by atoms with Crippen LogP contribution in [-0.4, -0.2) is 17.4 Å². The van der Waals surface area contributed by atoms with Gasteiger partial charge in [0.25, 0.3) is 5.91 Å². The van der Waals surface area contributed by atoms with Crippen LogP contribution in [0.2, 0.25) is 0 Å². The van der Waals surface area contributed by atoms with E-state index < -0.39 is 0 Å². The van der Waals surface area contributed by atoms with Gasteiger partial charge in [0.15, 0.2) is 0 Å². The summed E-state index contributed by atoms with van der Waals surface area (Å²) in [4.78, 5) is 21.7. The minimum Gasteiger partial charge on any atom is -0.340 e. The Hall–Kier alpha value is -3.05. The molecule has 0 fully saturated rings. The number of aromatic nitrogens is 1. The van der Waals surface area contributed by atoms with Crippen molar-refractivity contribution in [3.05, 3.63) is 84.1 Å². The summed E-state index contributed by atoms with van der Waals surface area (Å²) in [5, 5.41) is 3.41. The number of hydrogen-bond donors (Lipinski definition) is 1. The second kappa shape index (κ2) is 9.18. The van der Waals surface area contributed by atoms with Gasteiger partial charge in [-0.3, -0.25) is 4.79 Å². The normalized spacial score (nSPS) is 13.1. The average molecular weight is 416 g/mol. The second-order valence-corrected chi connectivity index (χ2v) is 8.33. The topological polar surface area (TPSA) is 45.2 Å². The maximum absolute atomic E-state index is 13.3. The summed E-state index contributed by atoms with van der Waals surface area (Å²) in [6.45, 7) is 4.75. The van der Waals surface area contributed by atoms with Crippen LogP contribution in [0.4, 0.5) is 17.2 Å². The number of rotatable bonds is 6. The van der Waals surface area contributed by atoms with Gasteiger partial charge < -0.3 is 10.2 Å². The molecular weight excluding hydrogens is 390 g/mol. The molecule has 0 saturated heterocycles. The molecular formula is C25H25N3OS. The minimum absolute atomic E-state index is 0.0410. The first-order valence-electron chi connectivity index (χ1n) is 10.2. The monoisotopic (exact) mass is 415 g/mol. The zero-order valence-corrected chi connectivity index (χ0v) is 18.1. The highest BCUT2D eigenvalue weighted by atomic mass is 32.2. The fraction of sp³-hybridized carbons (Fsp3) is 0.200. The van der Waals surface area contributed by atoms with E-state index in [4.69, 9.17) is 0 Å². The number of allylic oxidation sites excluding steroid dienone is 1. The second-order valence-electron chi connectivity index (χ2n) is 7.25. The average Bonchev–Trinajstić information content (AvgIpc) is 2.87. The van der Waals surface area contributed by atoms with Crippen molar-refractivity contribution in [3.63, 3.8) is 0 Å². The van der Waals surface area contributed by atoms with E-state index in [-0.39, 0.29) is 5.91 Å². The molecule has 1 N–H and O–H groups in total. The molecule has 2 aromatic carbocycles. The molecule has 4 nitrogen and oxygen atoms in total. The summed E-state index contributed by atoms with van der Waals surface area (Å²) in [6, 6.07) is 17.9. The number of hydrogen-bond acceptors (Lipinski definition) is 4.